The van der Waals surface area contributed by atoms with E-state index in [0.717, 1.165) is 67.6 Å². The summed E-state index contributed by atoms with van der Waals surface area (Å²) in [5.74, 6) is 4.16. The van der Waals surface area contributed by atoms with Crippen LogP contribution in [0.2, 0.25) is 0 Å². The zero-order valence-corrected chi connectivity index (χ0v) is 31.7. The molecule has 272 valence electrons. The summed E-state index contributed by atoms with van der Waals surface area (Å²) in [5.41, 5.74) is 10.4. The lowest BCUT2D eigenvalue weighted by atomic mass is 9.54. The summed E-state index contributed by atoms with van der Waals surface area (Å²) in [7, 11) is 0. The van der Waals surface area contributed by atoms with Crippen LogP contribution < -0.4 is 0 Å². The minimum absolute atomic E-state index is 0.322. The summed E-state index contributed by atoms with van der Waals surface area (Å²) >= 11 is 0. The van der Waals surface area contributed by atoms with Gasteiger partial charge in [-0.25, -0.2) is 19.9 Å². The zero-order valence-electron chi connectivity index (χ0n) is 31.7. The van der Waals surface area contributed by atoms with Gasteiger partial charge in [0.1, 0.15) is 5.65 Å². The van der Waals surface area contributed by atoms with Gasteiger partial charge in [0.2, 0.25) is 0 Å². The summed E-state index contributed by atoms with van der Waals surface area (Å²) in [4.78, 5) is 20.2. The third kappa shape index (κ3) is 5.95. The lowest BCUT2D eigenvalue weighted by Crippen LogP contribution is -2.42. The van der Waals surface area contributed by atoms with Crippen molar-refractivity contribution in [1.29, 1.82) is 5.26 Å². The van der Waals surface area contributed by atoms with E-state index < -0.39 is 0 Å². The van der Waals surface area contributed by atoms with Crippen LogP contribution in [-0.4, -0.2) is 24.5 Å². The molecule has 0 amide bonds. The number of nitrogens with zero attached hydrogens (tertiary/aromatic N) is 6. The highest BCUT2D eigenvalue weighted by Crippen LogP contribution is 2.54. The minimum Gasteiger partial charge on any atom is -0.294 e. The van der Waals surface area contributed by atoms with E-state index in [4.69, 9.17) is 19.9 Å². The molecule has 2 fully saturated rings. The van der Waals surface area contributed by atoms with E-state index in [1.54, 1.807) is 12.1 Å². The van der Waals surface area contributed by atoms with Crippen LogP contribution in [0, 0.1) is 29.1 Å². The molecule has 8 aromatic rings. The number of hydrogen-bond donors (Lipinski definition) is 0. The second-order valence-corrected chi connectivity index (χ2v) is 16.3. The smallest absolute Gasteiger partial charge is 0.164 e. The number of pyridine rings is 1. The third-order valence-corrected chi connectivity index (χ3v) is 12.3. The van der Waals surface area contributed by atoms with Crippen molar-refractivity contribution in [3.63, 3.8) is 0 Å². The maximum atomic E-state index is 9.49. The maximum absolute atomic E-state index is 9.49. The topological polar surface area (TPSA) is 80.3 Å². The van der Waals surface area contributed by atoms with Gasteiger partial charge in [-0.15, -0.1) is 0 Å². The van der Waals surface area contributed by atoms with Crippen LogP contribution in [0.25, 0.3) is 72.9 Å². The Morgan fingerprint density at radius 3 is 1.88 bits per heavy atom. The van der Waals surface area contributed by atoms with Gasteiger partial charge in [0.05, 0.1) is 17.1 Å². The van der Waals surface area contributed by atoms with Gasteiger partial charge < -0.3 is 0 Å². The number of benzene rings is 5. The molecule has 4 atom stereocenters. The summed E-state index contributed by atoms with van der Waals surface area (Å²) in [5, 5.41) is 11.5. The number of hydrogen-bond acceptors (Lipinski definition) is 5. The summed E-state index contributed by atoms with van der Waals surface area (Å²) < 4.78 is 2.20. The molecule has 6 nitrogen and oxygen atoms in total. The molecule has 2 bridgehead atoms. The first-order chi connectivity index (χ1) is 27.4. The Morgan fingerprint density at radius 2 is 1.21 bits per heavy atom. The molecule has 0 aliphatic heterocycles. The SMILES string of the molecule is C[C@@H]1CC2C[C@H](C)CC(c3ccc(-c4ccc(-c5nc(-c6ccc(C#N)cc6)nc(-c6cccc7c6c6cccnc6n7-c6ccccc6)n5)cc4)cc3)(C2)C1. The van der Waals surface area contributed by atoms with Crippen molar-refractivity contribution in [2.75, 3.05) is 0 Å². The van der Waals surface area contributed by atoms with Gasteiger partial charge in [-0.05, 0) is 127 Å². The fraction of sp³-hybridized carbons (Fsp3) is 0.220. The summed E-state index contributed by atoms with van der Waals surface area (Å²) in [6, 6.07) is 48.4. The van der Waals surface area contributed by atoms with Gasteiger partial charge >= 0.3 is 0 Å². The van der Waals surface area contributed by atoms with Gasteiger partial charge in [-0.1, -0.05) is 92.7 Å². The summed E-state index contributed by atoms with van der Waals surface area (Å²) in [6.07, 6.45) is 8.57. The molecule has 0 N–H and O–H groups in total. The zero-order chi connectivity index (χ0) is 37.8. The van der Waals surface area contributed by atoms with Crippen LogP contribution in [0.1, 0.15) is 57.1 Å². The lowest BCUT2D eigenvalue weighted by molar-refractivity contribution is 0.0780. The average molecular weight is 727 g/mol. The van der Waals surface area contributed by atoms with Crippen LogP contribution in [0.15, 0.2) is 140 Å². The van der Waals surface area contributed by atoms with Crippen molar-refractivity contribution >= 4 is 21.9 Å². The fourth-order valence-electron chi connectivity index (χ4n) is 10.3. The second kappa shape index (κ2) is 13.7. The Hall–Kier alpha value is -6.45. The minimum atomic E-state index is 0.322. The van der Waals surface area contributed by atoms with E-state index in [9.17, 15) is 5.26 Å². The molecule has 10 rings (SSSR count). The number of rotatable bonds is 6. The van der Waals surface area contributed by atoms with Crippen molar-refractivity contribution in [2.45, 2.75) is 51.4 Å². The molecule has 0 spiro atoms. The highest BCUT2D eigenvalue weighted by atomic mass is 15.1. The van der Waals surface area contributed by atoms with Crippen molar-refractivity contribution in [1.82, 2.24) is 24.5 Å². The van der Waals surface area contributed by atoms with Crippen LogP contribution in [0.3, 0.4) is 0 Å². The first kappa shape index (κ1) is 34.1. The van der Waals surface area contributed by atoms with Gasteiger partial charge in [-0.2, -0.15) is 5.26 Å². The van der Waals surface area contributed by atoms with Crippen LogP contribution in [0.4, 0.5) is 0 Å². The van der Waals surface area contributed by atoms with Crippen molar-refractivity contribution in [3.8, 4) is 57.0 Å². The van der Waals surface area contributed by atoms with E-state index in [1.165, 1.54) is 43.2 Å². The standard InChI is InChI=1S/C50H42N6/c1-32-26-35-27-33(2)29-50(28-32,30-35)40-23-21-37(22-24-40)36-17-19-39(20-18-36)47-53-46(38-15-13-34(31-51)14-16-38)54-48(55-47)42-10-6-12-44-45(42)43-11-7-25-52-49(43)56(44)41-8-4-3-5-9-41/h3-25,32-33,35H,26-30H2,1-2H3/t32-,33+,35?,50?. The quantitative estimate of drug-likeness (QED) is 0.170. The molecular formula is C50H42N6. The van der Waals surface area contributed by atoms with Gasteiger partial charge in [0.25, 0.3) is 0 Å². The molecule has 2 unspecified atom stereocenters. The maximum Gasteiger partial charge on any atom is 0.164 e. The highest BCUT2D eigenvalue weighted by molar-refractivity contribution is 6.14. The second-order valence-electron chi connectivity index (χ2n) is 16.3. The van der Waals surface area contributed by atoms with Crippen LogP contribution in [-0.2, 0) is 5.41 Å². The van der Waals surface area contributed by atoms with Crippen molar-refractivity contribution < 1.29 is 0 Å². The van der Waals surface area contributed by atoms with Crippen LogP contribution in [0.5, 0.6) is 0 Å². The Labute approximate surface area is 327 Å². The number of nitriles is 1. The number of aromatic nitrogens is 5. The van der Waals surface area contributed by atoms with E-state index in [-0.39, 0.29) is 0 Å². The monoisotopic (exact) mass is 726 g/mol. The van der Waals surface area contributed by atoms with E-state index in [1.807, 2.05) is 42.6 Å². The molecule has 5 aromatic carbocycles. The first-order valence-electron chi connectivity index (χ1n) is 19.9. The average Bonchev–Trinajstić information content (AvgIpc) is 3.58. The summed E-state index contributed by atoms with van der Waals surface area (Å²) in [6.45, 7) is 4.91. The molecule has 0 saturated heterocycles. The highest BCUT2D eigenvalue weighted by Gasteiger charge is 2.45. The molecule has 3 aromatic heterocycles. The molecule has 0 radical (unpaired) electrons. The molecule has 56 heavy (non-hydrogen) atoms. The third-order valence-electron chi connectivity index (χ3n) is 12.3. The molecule has 2 saturated carbocycles. The Bertz CT molecular complexity index is 2740. The predicted octanol–water partition coefficient (Wildman–Crippen LogP) is 12.0. The number of para-hydroxylation sites is 1. The van der Waals surface area contributed by atoms with E-state index >= 15 is 0 Å². The largest absolute Gasteiger partial charge is 0.294 e. The first-order valence-corrected chi connectivity index (χ1v) is 19.9. The molecule has 3 heterocycles. The predicted molar refractivity (Wildman–Crippen MR) is 225 cm³/mol. The lowest BCUT2D eigenvalue weighted by Gasteiger charge is -2.50. The number of fused-ring (bicyclic) bond motifs is 5. The van der Waals surface area contributed by atoms with Gasteiger partial charge in [0.15, 0.2) is 17.5 Å². The molecular weight excluding hydrogens is 685 g/mol. The molecule has 2 aliphatic carbocycles. The van der Waals surface area contributed by atoms with E-state index in [2.05, 4.69) is 109 Å². The molecule has 2 aliphatic rings. The Morgan fingerprint density at radius 1 is 0.607 bits per heavy atom. The van der Waals surface area contributed by atoms with Crippen LogP contribution >= 0.6 is 0 Å². The van der Waals surface area contributed by atoms with E-state index in [0.29, 0.717) is 28.5 Å². The Kier molecular flexibility index (Phi) is 8.33. The normalized spacial score (nSPS) is 20.6. The van der Waals surface area contributed by atoms with Gasteiger partial charge in [-0.3, -0.25) is 4.57 Å². The van der Waals surface area contributed by atoms with Crippen molar-refractivity contribution in [3.05, 3.63) is 151 Å². The molecule has 6 heteroatoms. The van der Waals surface area contributed by atoms with Crippen molar-refractivity contribution in [2.24, 2.45) is 17.8 Å². The Balaban J connectivity index is 1.06. The fourth-order valence-corrected chi connectivity index (χ4v) is 10.3. The van der Waals surface area contributed by atoms with Gasteiger partial charge in [0, 0.05) is 39.3 Å².